The highest BCUT2D eigenvalue weighted by atomic mass is 16.5. The van der Waals surface area contributed by atoms with Crippen LogP contribution in [0.15, 0.2) is 12.1 Å². The minimum atomic E-state index is -0.369. The molecule has 0 saturated carbocycles. The van der Waals surface area contributed by atoms with Gasteiger partial charge in [-0.05, 0) is 56.0 Å². The zero-order chi connectivity index (χ0) is 13.0. The van der Waals surface area contributed by atoms with E-state index in [0.717, 1.165) is 22.3 Å². The van der Waals surface area contributed by atoms with Gasteiger partial charge in [0.1, 0.15) is 5.75 Å². The Labute approximate surface area is 102 Å². The lowest BCUT2D eigenvalue weighted by molar-refractivity contribution is -0.137. The summed E-state index contributed by atoms with van der Waals surface area (Å²) < 4.78 is 4.81. The van der Waals surface area contributed by atoms with Gasteiger partial charge in [0.25, 0.3) is 0 Å². The number of hydrogen-bond donors (Lipinski definition) is 1. The zero-order valence-electron chi connectivity index (χ0n) is 10.7. The molecule has 0 atom stereocenters. The summed E-state index contributed by atoms with van der Waals surface area (Å²) in [6.45, 7) is 7.76. The molecule has 0 aliphatic heterocycles. The normalized spacial score (nSPS) is 10.8. The van der Waals surface area contributed by atoms with E-state index in [1.807, 2.05) is 26.8 Å². The van der Waals surface area contributed by atoms with Crippen molar-refractivity contribution in [2.24, 2.45) is 0 Å². The first-order valence-electron chi connectivity index (χ1n) is 5.62. The number of carbonyl (C=O) groups excluding carboxylic acids is 1. The first-order valence-corrected chi connectivity index (χ1v) is 5.62. The fourth-order valence-electron chi connectivity index (χ4n) is 1.79. The molecule has 1 N–H and O–H groups in total. The summed E-state index contributed by atoms with van der Waals surface area (Å²) in [7, 11) is 0. The van der Waals surface area contributed by atoms with Gasteiger partial charge < -0.3 is 9.84 Å². The maximum absolute atomic E-state index is 11.2. The number of carbonyl (C=O) groups is 1. The van der Waals surface area contributed by atoms with E-state index in [4.69, 9.17) is 4.74 Å². The molecule has 0 radical (unpaired) electrons. The topological polar surface area (TPSA) is 46.5 Å². The fraction of sp³-hybridized carbons (Fsp3) is 0.357. The number of benzene rings is 1. The van der Waals surface area contributed by atoms with E-state index in [1.54, 1.807) is 13.0 Å². The number of phenols is 1. The second kappa shape index (κ2) is 5.53. The van der Waals surface area contributed by atoms with Crippen molar-refractivity contribution in [3.05, 3.63) is 34.4 Å². The van der Waals surface area contributed by atoms with E-state index >= 15 is 0 Å². The molecule has 3 heteroatoms. The molecular weight excluding hydrogens is 216 g/mol. The molecule has 0 aliphatic carbocycles. The number of hydrogen-bond acceptors (Lipinski definition) is 3. The zero-order valence-corrected chi connectivity index (χ0v) is 10.7. The Bertz CT molecular complexity index is 459. The highest BCUT2D eigenvalue weighted by Gasteiger charge is 2.08. The minimum absolute atomic E-state index is 0.277. The van der Waals surface area contributed by atoms with Crippen molar-refractivity contribution < 1.29 is 14.6 Å². The standard InChI is InChI=1S/C14H18O3/c1-5-17-13(15)7-6-12-9(2)8-10(3)14(16)11(12)4/h6-8,16H,5H2,1-4H3/b7-6-. The molecule has 0 aliphatic rings. The minimum Gasteiger partial charge on any atom is -0.507 e. The highest BCUT2D eigenvalue weighted by molar-refractivity contribution is 5.87. The summed E-state index contributed by atoms with van der Waals surface area (Å²) in [4.78, 5) is 11.2. The summed E-state index contributed by atoms with van der Waals surface area (Å²) in [5.74, 6) is -0.0922. The van der Waals surface area contributed by atoms with Crippen molar-refractivity contribution in [1.82, 2.24) is 0 Å². The van der Waals surface area contributed by atoms with Gasteiger partial charge in [-0.3, -0.25) is 0 Å². The van der Waals surface area contributed by atoms with Gasteiger partial charge >= 0.3 is 5.97 Å². The Morgan fingerprint density at radius 3 is 2.59 bits per heavy atom. The van der Waals surface area contributed by atoms with Gasteiger partial charge in [0.2, 0.25) is 0 Å². The first-order chi connectivity index (χ1) is 7.97. The Balaban J connectivity index is 3.07. The molecular formula is C14H18O3. The molecule has 0 bridgehead atoms. The highest BCUT2D eigenvalue weighted by Crippen LogP contribution is 2.28. The fourth-order valence-corrected chi connectivity index (χ4v) is 1.79. The number of phenolic OH excluding ortho intramolecular Hbond substituents is 1. The largest absolute Gasteiger partial charge is 0.507 e. The summed E-state index contributed by atoms with van der Waals surface area (Å²) in [6, 6.07) is 1.90. The smallest absolute Gasteiger partial charge is 0.330 e. The second-order valence-electron chi connectivity index (χ2n) is 3.98. The Hall–Kier alpha value is -1.77. The lowest BCUT2D eigenvalue weighted by Crippen LogP contribution is -1.99. The van der Waals surface area contributed by atoms with Crippen LogP contribution in [0.5, 0.6) is 5.75 Å². The van der Waals surface area contributed by atoms with Crippen molar-refractivity contribution in [2.75, 3.05) is 6.61 Å². The van der Waals surface area contributed by atoms with Crippen molar-refractivity contribution >= 4 is 12.0 Å². The Morgan fingerprint density at radius 2 is 2.00 bits per heavy atom. The summed E-state index contributed by atoms with van der Waals surface area (Å²) in [5.41, 5.74) is 3.51. The molecule has 3 nitrogen and oxygen atoms in total. The average molecular weight is 234 g/mol. The molecule has 0 fully saturated rings. The van der Waals surface area contributed by atoms with E-state index in [2.05, 4.69) is 0 Å². The number of aromatic hydroxyl groups is 1. The van der Waals surface area contributed by atoms with Gasteiger partial charge in [-0.2, -0.15) is 0 Å². The van der Waals surface area contributed by atoms with Crippen LogP contribution in [0.2, 0.25) is 0 Å². The molecule has 0 spiro atoms. The predicted molar refractivity (Wildman–Crippen MR) is 68.0 cm³/mol. The summed E-state index contributed by atoms with van der Waals surface area (Å²) in [5, 5.41) is 9.83. The molecule has 92 valence electrons. The van der Waals surface area contributed by atoms with E-state index in [9.17, 15) is 9.90 Å². The Kier molecular flexibility index (Phi) is 4.32. The van der Waals surface area contributed by atoms with E-state index in [-0.39, 0.29) is 11.7 Å². The number of rotatable bonds is 3. The third kappa shape index (κ3) is 3.09. The third-order valence-corrected chi connectivity index (χ3v) is 2.66. The van der Waals surface area contributed by atoms with Gasteiger partial charge in [-0.1, -0.05) is 6.07 Å². The molecule has 0 heterocycles. The third-order valence-electron chi connectivity index (χ3n) is 2.66. The summed E-state index contributed by atoms with van der Waals surface area (Å²) >= 11 is 0. The summed E-state index contributed by atoms with van der Waals surface area (Å²) in [6.07, 6.45) is 3.06. The van der Waals surface area contributed by atoms with Gasteiger partial charge in [0.15, 0.2) is 0 Å². The van der Waals surface area contributed by atoms with Crippen LogP contribution in [0.1, 0.15) is 29.2 Å². The van der Waals surface area contributed by atoms with Crippen molar-refractivity contribution in [3.63, 3.8) is 0 Å². The van der Waals surface area contributed by atoms with Crippen LogP contribution < -0.4 is 0 Å². The average Bonchev–Trinajstić information content (AvgIpc) is 2.26. The second-order valence-corrected chi connectivity index (χ2v) is 3.98. The van der Waals surface area contributed by atoms with Gasteiger partial charge in [0, 0.05) is 6.08 Å². The molecule has 1 rings (SSSR count). The molecule has 0 amide bonds. The number of aryl methyl sites for hydroxylation is 2. The van der Waals surface area contributed by atoms with Crippen LogP contribution in [-0.2, 0) is 9.53 Å². The van der Waals surface area contributed by atoms with Gasteiger partial charge in [-0.15, -0.1) is 0 Å². The van der Waals surface area contributed by atoms with Crippen molar-refractivity contribution in [2.45, 2.75) is 27.7 Å². The van der Waals surface area contributed by atoms with Crippen molar-refractivity contribution in [1.29, 1.82) is 0 Å². The molecule has 1 aromatic carbocycles. The maximum atomic E-state index is 11.2. The van der Waals surface area contributed by atoms with Crippen LogP contribution in [0.3, 0.4) is 0 Å². The monoisotopic (exact) mass is 234 g/mol. The molecule has 1 aromatic rings. The van der Waals surface area contributed by atoms with Crippen LogP contribution in [0.25, 0.3) is 6.08 Å². The molecule has 0 unspecified atom stereocenters. The lowest BCUT2D eigenvalue weighted by Gasteiger charge is -2.10. The SMILES string of the molecule is CCOC(=O)/C=C\c1c(C)cc(C)c(O)c1C. The van der Waals surface area contributed by atoms with Crippen LogP contribution in [-0.4, -0.2) is 17.7 Å². The molecule has 0 saturated heterocycles. The van der Waals surface area contributed by atoms with Gasteiger partial charge in [-0.25, -0.2) is 4.79 Å². The Morgan fingerprint density at radius 1 is 1.35 bits per heavy atom. The van der Waals surface area contributed by atoms with Crippen LogP contribution >= 0.6 is 0 Å². The molecule has 17 heavy (non-hydrogen) atoms. The lowest BCUT2D eigenvalue weighted by atomic mass is 9.98. The van der Waals surface area contributed by atoms with E-state index < -0.39 is 0 Å². The quantitative estimate of drug-likeness (QED) is 0.646. The van der Waals surface area contributed by atoms with Crippen LogP contribution in [0.4, 0.5) is 0 Å². The first kappa shape index (κ1) is 13.3. The maximum Gasteiger partial charge on any atom is 0.330 e. The van der Waals surface area contributed by atoms with Crippen LogP contribution in [0, 0.1) is 20.8 Å². The van der Waals surface area contributed by atoms with Crippen molar-refractivity contribution in [3.8, 4) is 5.75 Å². The predicted octanol–water partition coefficient (Wildman–Crippen LogP) is 2.89. The van der Waals surface area contributed by atoms with E-state index in [0.29, 0.717) is 6.61 Å². The number of ether oxygens (including phenoxy) is 1. The number of esters is 1. The van der Waals surface area contributed by atoms with E-state index in [1.165, 1.54) is 6.08 Å². The van der Waals surface area contributed by atoms with Gasteiger partial charge in [0.05, 0.1) is 6.61 Å². The molecule has 0 aromatic heterocycles.